The van der Waals surface area contributed by atoms with Crippen molar-refractivity contribution < 1.29 is 37.8 Å². The van der Waals surface area contributed by atoms with Crippen LogP contribution in [-0.4, -0.2) is 32.5 Å². The minimum absolute atomic E-state index is 0.283. The molecule has 1 heterocycles. The maximum absolute atomic E-state index is 11.9. The van der Waals surface area contributed by atoms with E-state index < -0.39 is 40.1 Å². The number of nitro groups is 1. The molecule has 1 aromatic heterocycles. The van der Waals surface area contributed by atoms with Gasteiger partial charge in [-0.05, 0) is 0 Å². The second-order valence-electron chi connectivity index (χ2n) is 2.78. The minimum atomic E-state index is -5.28. The molecule has 8 nitrogen and oxygen atoms in total. The van der Waals surface area contributed by atoms with Crippen molar-refractivity contribution in [2.75, 3.05) is 0 Å². The fourth-order valence-corrected chi connectivity index (χ4v) is 1.04. The standard InChI is InChI=1S/C7H3F3N2O6/c8-7(9,10)18-5-3(6(14)15)4(12(16)17)2(13)1-11-5/h1,13H,(H,14,15). The van der Waals surface area contributed by atoms with Gasteiger partial charge in [0.1, 0.15) is 0 Å². The molecule has 0 fully saturated rings. The van der Waals surface area contributed by atoms with E-state index in [1.165, 1.54) is 0 Å². The molecule has 0 atom stereocenters. The van der Waals surface area contributed by atoms with Gasteiger partial charge in [-0.15, -0.1) is 13.2 Å². The predicted octanol–water partition coefficient (Wildman–Crippen LogP) is 1.29. The maximum atomic E-state index is 11.9. The summed E-state index contributed by atoms with van der Waals surface area (Å²) in [5, 5.41) is 28.1. The Morgan fingerprint density at radius 2 is 2.06 bits per heavy atom. The fourth-order valence-electron chi connectivity index (χ4n) is 1.04. The minimum Gasteiger partial charge on any atom is -0.501 e. The van der Waals surface area contributed by atoms with Crippen LogP contribution in [0.5, 0.6) is 11.6 Å². The van der Waals surface area contributed by atoms with E-state index in [-0.39, 0.29) is 6.20 Å². The van der Waals surface area contributed by atoms with Crippen molar-refractivity contribution >= 4 is 11.7 Å². The van der Waals surface area contributed by atoms with Gasteiger partial charge in [0.25, 0.3) is 0 Å². The number of carbonyl (C=O) groups is 1. The summed E-state index contributed by atoms with van der Waals surface area (Å²) in [6.07, 6.45) is -4.99. The number of alkyl halides is 3. The number of carboxylic acids is 1. The number of halogens is 3. The maximum Gasteiger partial charge on any atom is 0.574 e. The first kappa shape index (κ1) is 13.5. The molecule has 0 aliphatic rings. The number of rotatable bonds is 3. The first-order valence-electron chi connectivity index (χ1n) is 3.99. The average molecular weight is 268 g/mol. The molecular formula is C7H3F3N2O6. The smallest absolute Gasteiger partial charge is 0.501 e. The van der Waals surface area contributed by atoms with Crippen LogP contribution in [0.4, 0.5) is 18.9 Å². The van der Waals surface area contributed by atoms with Crippen LogP contribution in [-0.2, 0) is 0 Å². The molecule has 0 aromatic carbocycles. The van der Waals surface area contributed by atoms with Crippen molar-refractivity contribution in [3.63, 3.8) is 0 Å². The van der Waals surface area contributed by atoms with Crippen LogP contribution in [0.25, 0.3) is 0 Å². The molecule has 0 unspecified atom stereocenters. The van der Waals surface area contributed by atoms with Crippen molar-refractivity contribution in [2.45, 2.75) is 6.36 Å². The first-order chi connectivity index (χ1) is 8.13. The van der Waals surface area contributed by atoms with Gasteiger partial charge in [0.15, 0.2) is 0 Å². The molecular weight excluding hydrogens is 265 g/mol. The summed E-state index contributed by atoms with van der Waals surface area (Å²) in [6, 6.07) is 0. The number of aromatic hydroxyl groups is 1. The summed E-state index contributed by atoms with van der Waals surface area (Å²) in [4.78, 5) is 22.7. The van der Waals surface area contributed by atoms with Crippen LogP contribution in [0.15, 0.2) is 6.20 Å². The number of carboxylic acid groups (broad SMARTS) is 1. The number of pyridine rings is 1. The van der Waals surface area contributed by atoms with Crippen LogP contribution in [0.3, 0.4) is 0 Å². The predicted molar refractivity (Wildman–Crippen MR) is 46.2 cm³/mol. The number of hydrogen-bond acceptors (Lipinski definition) is 6. The molecule has 0 aliphatic heterocycles. The highest BCUT2D eigenvalue weighted by Crippen LogP contribution is 2.36. The van der Waals surface area contributed by atoms with Gasteiger partial charge in [0, 0.05) is 0 Å². The summed E-state index contributed by atoms with van der Waals surface area (Å²) >= 11 is 0. The van der Waals surface area contributed by atoms with E-state index >= 15 is 0 Å². The number of nitrogens with zero attached hydrogens (tertiary/aromatic N) is 2. The zero-order chi connectivity index (χ0) is 14.1. The van der Waals surface area contributed by atoms with E-state index in [4.69, 9.17) is 10.2 Å². The zero-order valence-electron chi connectivity index (χ0n) is 8.13. The lowest BCUT2D eigenvalue weighted by Crippen LogP contribution is -2.20. The normalized spacial score (nSPS) is 11.1. The molecule has 0 saturated carbocycles. The Hall–Kier alpha value is -2.59. The summed E-state index contributed by atoms with van der Waals surface area (Å²) in [5.74, 6) is -4.81. The third-order valence-corrected chi connectivity index (χ3v) is 1.61. The van der Waals surface area contributed by atoms with Crippen molar-refractivity contribution in [2.24, 2.45) is 0 Å². The molecule has 11 heteroatoms. The lowest BCUT2D eigenvalue weighted by molar-refractivity contribution is -0.386. The molecule has 0 spiro atoms. The highest BCUT2D eigenvalue weighted by atomic mass is 19.4. The zero-order valence-corrected chi connectivity index (χ0v) is 8.13. The van der Waals surface area contributed by atoms with E-state index in [2.05, 4.69) is 9.72 Å². The van der Waals surface area contributed by atoms with Crippen LogP contribution in [0, 0.1) is 10.1 Å². The number of aromatic carboxylic acids is 1. The van der Waals surface area contributed by atoms with E-state index in [1.54, 1.807) is 0 Å². The van der Waals surface area contributed by atoms with E-state index in [0.29, 0.717) is 0 Å². The Morgan fingerprint density at radius 3 is 2.44 bits per heavy atom. The van der Waals surface area contributed by atoms with Crippen LogP contribution >= 0.6 is 0 Å². The van der Waals surface area contributed by atoms with Crippen molar-refractivity contribution in [3.8, 4) is 11.6 Å². The third-order valence-electron chi connectivity index (χ3n) is 1.61. The number of hydrogen-bond donors (Lipinski definition) is 2. The topological polar surface area (TPSA) is 123 Å². The van der Waals surface area contributed by atoms with Gasteiger partial charge in [0.05, 0.1) is 11.1 Å². The molecule has 0 amide bonds. The highest BCUT2D eigenvalue weighted by Gasteiger charge is 2.38. The molecule has 2 N–H and O–H groups in total. The largest absolute Gasteiger partial charge is 0.574 e. The molecule has 0 radical (unpaired) electrons. The van der Waals surface area contributed by atoms with Crippen LogP contribution in [0.2, 0.25) is 0 Å². The lowest BCUT2D eigenvalue weighted by atomic mass is 10.2. The summed E-state index contributed by atoms with van der Waals surface area (Å²) in [7, 11) is 0. The van der Waals surface area contributed by atoms with Gasteiger partial charge in [-0.25, -0.2) is 9.78 Å². The average Bonchev–Trinajstić information content (AvgIpc) is 2.17. The van der Waals surface area contributed by atoms with Gasteiger partial charge >= 0.3 is 18.0 Å². The summed E-state index contributed by atoms with van der Waals surface area (Å²) in [5.41, 5.74) is -2.92. The van der Waals surface area contributed by atoms with Gasteiger partial charge < -0.3 is 14.9 Å². The lowest BCUT2D eigenvalue weighted by Gasteiger charge is -2.10. The highest BCUT2D eigenvalue weighted by molar-refractivity contribution is 5.96. The molecule has 18 heavy (non-hydrogen) atoms. The van der Waals surface area contributed by atoms with Crippen LogP contribution in [0.1, 0.15) is 10.4 Å². The first-order valence-corrected chi connectivity index (χ1v) is 3.99. The Balaban J connectivity index is 3.49. The summed E-state index contributed by atoms with van der Waals surface area (Å²) < 4.78 is 39.0. The second kappa shape index (κ2) is 4.35. The monoisotopic (exact) mass is 268 g/mol. The van der Waals surface area contributed by atoms with E-state index in [0.717, 1.165) is 0 Å². The molecule has 0 aliphatic carbocycles. The molecule has 0 saturated heterocycles. The molecule has 1 aromatic rings. The third kappa shape index (κ3) is 2.75. The van der Waals surface area contributed by atoms with E-state index in [1.807, 2.05) is 0 Å². The van der Waals surface area contributed by atoms with Crippen LogP contribution < -0.4 is 4.74 Å². The van der Waals surface area contributed by atoms with E-state index in [9.17, 15) is 28.1 Å². The van der Waals surface area contributed by atoms with Gasteiger partial charge in [0.2, 0.25) is 17.2 Å². The number of aromatic nitrogens is 1. The Kier molecular flexibility index (Phi) is 3.26. The molecule has 0 bridgehead atoms. The Labute approximate surface area is 95.4 Å². The Morgan fingerprint density at radius 1 is 1.50 bits per heavy atom. The van der Waals surface area contributed by atoms with Crippen molar-refractivity contribution in [1.29, 1.82) is 0 Å². The van der Waals surface area contributed by atoms with Gasteiger partial charge in [-0.2, -0.15) is 0 Å². The quantitative estimate of drug-likeness (QED) is 0.625. The van der Waals surface area contributed by atoms with Gasteiger partial charge in [-0.1, -0.05) is 0 Å². The fraction of sp³-hybridized carbons (Fsp3) is 0.143. The SMILES string of the molecule is O=C(O)c1c(OC(F)(F)F)ncc(O)c1[N+](=O)[O-]. The summed E-state index contributed by atoms with van der Waals surface area (Å²) in [6.45, 7) is 0. The molecule has 98 valence electrons. The molecule has 1 rings (SSSR count). The van der Waals surface area contributed by atoms with Crippen molar-refractivity contribution in [1.82, 2.24) is 4.98 Å². The number of ether oxygens (including phenoxy) is 1. The Bertz CT molecular complexity index is 515. The van der Waals surface area contributed by atoms with Crippen molar-refractivity contribution in [3.05, 3.63) is 21.9 Å². The van der Waals surface area contributed by atoms with Gasteiger partial charge in [-0.3, -0.25) is 10.1 Å². The second-order valence-corrected chi connectivity index (χ2v) is 2.78.